The molecule has 0 saturated carbocycles. The van der Waals surface area contributed by atoms with Crippen LogP contribution in [0.4, 0.5) is 0 Å². The first-order valence-electron chi connectivity index (χ1n) is 8.03. The number of rotatable bonds is 5. The molecule has 0 aliphatic heterocycles. The Morgan fingerprint density at radius 3 is 2.85 bits per heavy atom. The van der Waals surface area contributed by atoms with E-state index in [9.17, 15) is 13.2 Å². The molecule has 7 nitrogen and oxygen atoms in total. The van der Waals surface area contributed by atoms with Crippen LogP contribution in [-0.4, -0.2) is 18.0 Å². The van der Waals surface area contributed by atoms with Crippen LogP contribution in [0.15, 0.2) is 68.1 Å². The van der Waals surface area contributed by atoms with Crippen molar-refractivity contribution in [3.8, 4) is 10.6 Å². The second-order valence-corrected chi connectivity index (χ2v) is 8.58. The lowest BCUT2D eigenvalue weighted by Crippen LogP contribution is -2.23. The molecule has 0 spiro atoms. The van der Waals surface area contributed by atoms with Crippen molar-refractivity contribution in [1.29, 1.82) is 0 Å². The third-order valence-electron chi connectivity index (χ3n) is 4.17. The maximum Gasteiger partial charge on any atom is 0.419 e. The number of nitrogens with one attached hydrogen (secondary N) is 1. The fraction of sp³-hybridized carbons (Fsp3) is 0.111. The van der Waals surface area contributed by atoms with Crippen molar-refractivity contribution in [2.75, 3.05) is 0 Å². The maximum atomic E-state index is 12.7. The second kappa shape index (κ2) is 6.76. The SMILES string of the molecule is Cn1c(=O)oc2ccc(S(=O)(=O)NCc3cccnc3-c3cccs3)cc21. The number of benzene rings is 1. The summed E-state index contributed by atoms with van der Waals surface area (Å²) in [4.78, 5) is 17.0. The number of fused-ring (bicyclic) bond motifs is 1. The molecule has 0 unspecified atom stereocenters. The molecule has 0 amide bonds. The van der Waals surface area contributed by atoms with E-state index in [0.717, 1.165) is 16.1 Å². The molecule has 1 N–H and O–H groups in total. The Bertz CT molecular complexity index is 1270. The molecule has 27 heavy (non-hydrogen) atoms. The van der Waals surface area contributed by atoms with Crippen molar-refractivity contribution in [1.82, 2.24) is 14.3 Å². The Morgan fingerprint density at radius 1 is 1.22 bits per heavy atom. The van der Waals surface area contributed by atoms with Gasteiger partial charge in [-0.15, -0.1) is 11.3 Å². The lowest BCUT2D eigenvalue weighted by atomic mass is 10.2. The monoisotopic (exact) mass is 401 g/mol. The quantitative estimate of drug-likeness (QED) is 0.555. The molecule has 4 rings (SSSR count). The summed E-state index contributed by atoms with van der Waals surface area (Å²) < 4.78 is 34.3. The van der Waals surface area contributed by atoms with E-state index in [0.29, 0.717) is 11.1 Å². The molecule has 0 aliphatic carbocycles. The van der Waals surface area contributed by atoms with Crippen LogP contribution in [0.1, 0.15) is 5.56 Å². The van der Waals surface area contributed by atoms with Crippen LogP contribution >= 0.6 is 11.3 Å². The van der Waals surface area contributed by atoms with Gasteiger partial charge in [-0.1, -0.05) is 12.1 Å². The van der Waals surface area contributed by atoms with Crippen LogP contribution in [-0.2, 0) is 23.6 Å². The Morgan fingerprint density at radius 2 is 2.07 bits per heavy atom. The normalized spacial score (nSPS) is 11.9. The molecule has 0 aliphatic rings. The predicted octanol–water partition coefficient (Wildman–Crippen LogP) is 2.73. The van der Waals surface area contributed by atoms with Gasteiger partial charge in [0.1, 0.15) is 0 Å². The van der Waals surface area contributed by atoms with Crippen LogP contribution in [0.25, 0.3) is 21.7 Å². The van der Waals surface area contributed by atoms with E-state index >= 15 is 0 Å². The van der Waals surface area contributed by atoms with Gasteiger partial charge >= 0.3 is 5.76 Å². The maximum absolute atomic E-state index is 12.7. The number of thiophene rings is 1. The molecular weight excluding hydrogens is 386 g/mol. The zero-order chi connectivity index (χ0) is 19.0. The van der Waals surface area contributed by atoms with E-state index < -0.39 is 15.8 Å². The van der Waals surface area contributed by atoms with Gasteiger partial charge in [-0.2, -0.15) is 0 Å². The van der Waals surface area contributed by atoms with Gasteiger partial charge in [0.05, 0.1) is 21.0 Å². The van der Waals surface area contributed by atoms with Gasteiger partial charge in [0.2, 0.25) is 10.0 Å². The Balaban J connectivity index is 1.64. The first kappa shape index (κ1) is 17.7. The molecule has 0 bridgehead atoms. The molecule has 3 aromatic heterocycles. The molecule has 138 valence electrons. The summed E-state index contributed by atoms with van der Waals surface area (Å²) in [5.41, 5.74) is 2.29. The van der Waals surface area contributed by atoms with E-state index in [1.54, 1.807) is 23.6 Å². The van der Waals surface area contributed by atoms with Crippen molar-refractivity contribution >= 4 is 32.5 Å². The standard InChI is InChI=1S/C18H15N3O4S2/c1-21-14-10-13(6-7-15(14)25-18(21)22)27(23,24)20-11-12-4-2-8-19-17(12)16-5-3-9-26-16/h2-10,20H,11H2,1H3. The van der Waals surface area contributed by atoms with Crippen LogP contribution < -0.4 is 10.5 Å². The van der Waals surface area contributed by atoms with Gasteiger partial charge in [0.25, 0.3) is 0 Å². The van der Waals surface area contributed by atoms with Crippen LogP contribution in [0.2, 0.25) is 0 Å². The molecule has 1 aromatic carbocycles. The van der Waals surface area contributed by atoms with Crippen molar-refractivity contribution in [2.45, 2.75) is 11.4 Å². The van der Waals surface area contributed by atoms with E-state index in [1.165, 1.54) is 29.8 Å². The van der Waals surface area contributed by atoms with Crippen molar-refractivity contribution in [3.05, 3.63) is 70.2 Å². The third-order valence-corrected chi connectivity index (χ3v) is 6.45. The number of nitrogens with zero attached hydrogens (tertiary/aromatic N) is 2. The Labute approximate surface area is 159 Å². The average molecular weight is 401 g/mol. The minimum atomic E-state index is -3.77. The summed E-state index contributed by atoms with van der Waals surface area (Å²) in [5.74, 6) is -0.538. The third kappa shape index (κ3) is 3.32. The molecule has 4 aromatic rings. The number of oxazole rings is 1. The first-order chi connectivity index (χ1) is 13.0. The number of aromatic nitrogens is 2. The van der Waals surface area contributed by atoms with Gasteiger partial charge in [-0.3, -0.25) is 9.55 Å². The largest absolute Gasteiger partial charge is 0.419 e. The van der Waals surface area contributed by atoms with Gasteiger partial charge in [0.15, 0.2) is 5.58 Å². The van der Waals surface area contributed by atoms with E-state index in [-0.39, 0.29) is 11.4 Å². The molecule has 0 fully saturated rings. The molecular formula is C18H15N3O4S2. The summed E-state index contributed by atoms with van der Waals surface area (Å²) in [6, 6.07) is 11.8. The minimum absolute atomic E-state index is 0.0629. The molecule has 9 heteroatoms. The smallest absolute Gasteiger partial charge is 0.408 e. The summed E-state index contributed by atoms with van der Waals surface area (Å²) in [6.45, 7) is 0.103. The number of pyridine rings is 1. The highest BCUT2D eigenvalue weighted by molar-refractivity contribution is 7.89. The summed E-state index contributed by atoms with van der Waals surface area (Å²) in [6.07, 6.45) is 1.68. The van der Waals surface area contributed by atoms with Crippen LogP contribution in [0.5, 0.6) is 0 Å². The van der Waals surface area contributed by atoms with Gasteiger partial charge in [-0.05, 0) is 41.3 Å². The topological polar surface area (TPSA) is 94.2 Å². The second-order valence-electron chi connectivity index (χ2n) is 5.87. The number of hydrogen-bond acceptors (Lipinski definition) is 6. The van der Waals surface area contributed by atoms with E-state index in [2.05, 4.69) is 9.71 Å². The fourth-order valence-corrected chi connectivity index (χ4v) is 4.53. The molecule has 0 atom stereocenters. The van der Waals surface area contributed by atoms with Crippen molar-refractivity contribution < 1.29 is 12.8 Å². The van der Waals surface area contributed by atoms with Crippen molar-refractivity contribution in [2.24, 2.45) is 7.05 Å². The van der Waals surface area contributed by atoms with E-state index in [4.69, 9.17) is 4.42 Å². The Kier molecular flexibility index (Phi) is 4.42. The summed E-state index contributed by atoms with van der Waals surface area (Å²) in [7, 11) is -2.25. The van der Waals surface area contributed by atoms with Gasteiger partial charge in [-0.25, -0.2) is 17.9 Å². The minimum Gasteiger partial charge on any atom is -0.408 e. The highest BCUT2D eigenvalue weighted by atomic mass is 32.2. The lowest BCUT2D eigenvalue weighted by molar-refractivity contribution is 0.528. The number of aryl methyl sites for hydroxylation is 1. The van der Waals surface area contributed by atoms with Crippen molar-refractivity contribution in [3.63, 3.8) is 0 Å². The van der Waals surface area contributed by atoms with E-state index in [1.807, 2.05) is 23.6 Å². The summed E-state index contributed by atoms with van der Waals surface area (Å²) in [5, 5.41) is 1.95. The summed E-state index contributed by atoms with van der Waals surface area (Å²) >= 11 is 1.54. The zero-order valence-electron chi connectivity index (χ0n) is 14.2. The highest BCUT2D eigenvalue weighted by Gasteiger charge is 2.18. The molecule has 3 heterocycles. The van der Waals surface area contributed by atoms with Gasteiger partial charge in [0, 0.05) is 19.8 Å². The molecule has 0 saturated heterocycles. The van der Waals surface area contributed by atoms with Crippen LogP contribution in [0, 0.1) is 0 Å². The number of sulfonamides is 1. The van der Waals surface area contributed by atoms with Crippen LogP contribution in [0.3, 0.4) is 0 Å². The number of hydrogen-bond donors (Lipinski definition) is 1. The predicted molar refractivity (Wildman–Crippen MR) is 103 cm³/mol. The zero-order valence-corrected chi connectivity index (χ0v) is 15.9. The average Bonchev–Trinajstić information content (AvgIpc) is 3.29. The first-order valence-corrected chi connectivity index (χ1v) is 10.4. The molecule has 0 radical (unpaired) electrons. The fourth-order valence-electron chi connectivity index (χ4n) is 2.75. The highest BCUT2D eigenvalue weighted by Crippen LogP contribution is 2.26. The lowest BCUT2D eigenvalue weighted by Gasteiger charge is -2.10. The van der Waals surface area contributed by atoms with Gasteiger partial charge < -0.3 is 4.42 Å². The Hall–Kier alpha value is -2.75.